The van der Waals surface area contributed by atoms with Crippen LogP contribution >= 0.6 is 0 Å². The number of ketones is 1. The van der Waals surface area contributed by atoms with Crippen molar-refractivity contribution >= 4 is 5.78 Å². The molecular weight excluding hydrogens is 308 g/mol. The summed E-state index contributed by atoms with van der Waals surface area (Å²) in [5.74, 6) is 1.44. The van der Waals surface area contributed by atoms with Crippen LogP contribution in [-0.4, -0.2) is 20.0 Å². The van der Waals surface area contributed by atoms with Crippen molar-refractivity contribution in [2.75, 3.05) is 14.2 Å². The van der Waals surface area contributed by atoms with E-state index in [2.05, 4.69) is 6.08 Å². The van der Waals surface area contributed by atoms with Gasteiger partial charge in [0.05, 0.1) is 14.2 Å². The molecule has 0 bridgehead atoms. The first kappa shape index (κ1) is 15.9. The molecule has 1 aliphatic carbocycles. The molecule has 5 heteroatoms. The van der Waals surface area contributed by atoms with Crippen molar-refractivity contribution in [1.29, 1.82) is 0 Å². The van der Waals surface area contributed by atoms with Crippen LogP contribution in [0.4, 0.5) is 0 Å². The second-order valence-corrected chi connectivity index (χ2v) is 5.29. The first-order valence-electron chi connectivity index (χ1n) is 7.59. The fourth-order valence-electron chi connectivity index (χ4n) is 2.45. The van der Waals surface area contributed by atoms with Gasteiger partial charge in [0.15, 0.2) is 5.76 Å². The van der Waals surface area contributed by atoms with Gasteiger partial charge in [-0.15, -0.1) is 0 Å². The summed E-state index contributed by atoms with van der Waals surface area (Å²) in [6.07, 6.45) is 10.6. The number of hydrogen-bond acceptors (Lipinski definition) is 5. The lowest BCUT2D eigenvalue weighted by Gasteiger charge is -2.19. The first-order valence-corrected chi connectivity index (χ1v) is 7.59. The third-order valence-electron chi connectivity index (χ3n) is 3.74. The number of rotatable bonds is 5. The van der Waals surface area contributed by atoms with Crippen LogP contribution in [0.5, 0.6) is 11.5 Å². The number of hydrogen-bond donors (Lipinski definition) is 0. The van der Waals surface area contributed by atoms with E-state index in [-0.39, 0.29) is 11.5 Å². The second kappa shape index (κ2) is 7.08. The minimum absolute atomic E-state index is 0.123. The van der Waals surface area contributed by atoms with E-state index in [4.69, 9.17) is 18.9 Å². The Labute approximate surface area is 140 Å². The molecular formula is C19H18O5. The molecule has 124 valence electrons. The third kappa shape index (κ3) is 3.35. The molecule has 5 nitrogen and oxygen atoms in total. The molecule has 24 heavy (non-hydrogen) atoms. The van der Waals surface area contributed by atoms with E-state index in [1.54, 1.807) is 18.2 Å². The van der Waals surface area contributed by atoms with Crippen molar-refractivity contribution < 1.29 is 23.7 Å². The van der Waals surface area contributed by atoms with Crippen molar-refractivity contribution in [2.45, 2.75) is 12.8 Å². The molecule has 0 N–H and O–H groups in total. The number of carbonyl (C=O) groups excluding carboxylic acids is 1. The summed E-state index contributed by atoms with van der Waals surface area (Å²) in [6.45, 7) is 0. The molecule has 0 spiro atoms. The van der Waals surface area contributed by atoms with Gasteiger partial charge in [0.25, 0.3) is 0 Å². The van der Waals surface area contributed by atoms with Gasteiger partial charge in [0.1, 0.15) is 24.0 Å². The average Bonchev–Trinajstić information content (AvgIpc) is 2.67. The van der Waals surface area contributed by atoms with E-state index >= 15 is 0 Å². The second-order valence-electron chi connectivity index (χ2n) is 5.29. The van der Waals surface area contributed by atoms with Crippen LogP contribution in [0.25, 0.3) is 0 Å². The largest absolute Gasteiger partial charge is 0.497 e. The first-order chi connectivity index (χ1) is 11.7. The molecule has 2 aliphatic rings. The van der Waals surface area contributed by atoms with Crippen molar-refractivity contribution in [2.24, 2.45) is 0 Å². The number of carbonyl (C=O) groups is 1. The number of benzene rings is 1. The third-order valence-corrected chi connectivity index (χ3v) is 3.74. The molecule has 0 saturated carbocycles. The molecule has 0 unspecified atom stereocenters. The maximum absolute atomic E-state index is 12.7. The van der Waals surface area contributed by atoms with Crippen LogP contribution in [0.15, 0.2) is 66.0 Å². The van der Waals surface area contributed by atoms with E-state index in [0.717, 1.165) is 18.4 Å². The van der Waals surface area contributed by atoms with Gasteiger partial charge in [0.2, 0.25) is 11.5 Å². The summed E-state index contributed by atoms with van der Waals surface area (Å²) in [6, 6.07) is 4.97. The quantitative estimate of drug-likeness (QED) is 0.768. The summed E-state index contributed by atoms with van der Waals surface area (Å²) in [5.41, 5.74) is 1.40. The van der Waals surface area contributed by atoms with Gasteiger partial charge in [-0.25, -0.2) is 0 Å². The molecule has 1 heterocycles. The van der Waals surface area contributed by atoms with Gasteiger partial charge in [0, 0.05) is 11.6 Å². The van der Waals surface area contributed by atoms with Gasteiger partial charge in [-0.3, -0.25) is 4.79 Å². The predicted octanol–water partition coefficient (Wildman–Crippen LogP) is 3.89. The van der Waals surface area contributed by atoms with Gasteiger partial charge < -0.3 is 18.9 Å². The summed E-state index contributed by atoms with van der Waals surface area (Å²) in [5, 5.41) is 0. The Balaban J connectivity index is 1.82. The van der Waals surface area contributed by atoms with Gasteiger partial charge in [-0.05, 0) is 30.5 Å². The highest BCUT2D eigenvalue weighted by Gasteiger charge is 2.22. The Morgan fingerprint density at radius 1 is 1.08 bits per heavy atom. The van der Waals surface area contributed by atoms with E-state index in [1.807, 2.05) is 12.2 Å². The van der Waals surface area contributed by atoms with Crippen molar-refractivity contribution in [1.82, 2.24) is 0 Å². The molecule has 0 amide bonds. The average molecular weight is 326 g/mol. The highest BCUT2D eigenvalue weighted by atomic mass is 16.5. The molecule has 0 saturated heterocycles. The lowest BCUT2D eigenvalue weighted by atomic mass is 10.0. The van der Waals surface area contributed by atoms with Gasteiger partial charge in [-0.1, -0.05) is 18.2 Å². The van der Waals surface area contributed by atoms with Crippen LogP contribution in [0.2, 0.25) is 0 Å². The highest BCUT2D eigenvalue weighted by Crippen LogP contribution is 2.29. The summed E-state index contributed by atoms with van der Waals surface area (Å²) >= 11 is 0. The van der Waals surface area contributed by atoms with Gasteiger partial charge >= 0.3 is 0 Å². The normalized spacial score (nSPS) is 16.2. The molecule has 0 radical (unpaired) electrons. The Bertz CT molecular complexity index is 746. The lowest BCUT2D eigenvalue weighted by molar-refractivity contribution is 0.0933. The smallest absolute Gasteiger partial charge is 0.231 e. The van der Waals surface area contributed by atoms with E-state index in [1.165, 1.54) is 26.7 Å². The Kier molecular flexibility index (Phi) is 4.70. The van der Waals surface area contributed by atoms with Crippen LogP contribution in [0.3, 0.4) is 0 Å². The number of Topliss-reactive ketones (excluding diaryl/α,β-unsaturated/α-hetero) is 1. The molecule has 0 aromatic heterocycles. The number of methoxy groups -OCH3 is 2. The number of ether oxygens (including phenoxy) is 4. The summed E-state index contributed by atoms with van der Waals surface area (Å²) < 4.78 is 21.5. The van der Waals surface area contributed by atoms with Crippen LogP contribution in [0, 0.1) is 0 Å². The van der Waals surface area contributed by atoms with Crippen molar-refractivity contribution in [3.8, 4) is 11.5 Å². The molecule has 3 rings (SSSR count). The minimum Gasteiger partial charge on any atom is -0.497 e. The van der Waals surface area contributed by atoms with E-state index in [0.29, 0.717) is 22.8 Å². The molecule has 0 fully saturated rings. The maximum atomic E-state index is 12.7. The summed E-state index contributed by atoms with van der Waals surface area (Å²) in [4.78, 5) is 12.7. The van der Waals surface area contributed by atoms with Gasteiger partial charge in [-0.2, -0.15) is 0 Å². The van der Waals surface area contributed by atoms with Crippen LogP contribution < -0.4 is 9.47 Å². The van der Waals surface area contributed by atoms with E-state index in [9.17, 15) is 4.79 Å². The van der Waals surface area contributed by atoms with Crippen molar-refractivity contribution in [3.05, 3.63) is 71.6 Å². The Morgan fingerprint density at radius 3 is 2.46 bits per heavy atom. The predicted molar refractivity (Wildman–Crippen MR) is 88.7 cm³/mol. The molecule has 0 atom stereocenters. The Morgan fingerprint density at radius 2 is 1.83 bits per heavy atom. The molecule has 1 aromatic carbocycles. The fraction of sp³-hybridized carbons (Fsp3) is 0.211. The minimum atomic E-state index is -0.301. The van der Waals surface area contributed by atoms with Crippen LogP contribution in [-0.2, 0) is 9.47 Å². The molecule has 1 aromatic rings. The lowest BCUT2D eigenvalue weighted by Crippen LogP contribution is -2.12. The Hall–Kier alpha value is -2.95. The zero-order valence-corrected chi connectivity index (χ0v) is 13.6. The van der Waals surface area contributed by atoms with Crippen LogP contribution in [0.1, 0.15) is 23.2 Å². The zero-order valence-electron chi connectivity index (χ0n) is 13.6. The van der Waals surface area contributed by atoms with Crippen molar-refractivity contribution in [3.63, 3.8) is 0 Å². The number of allylic oxidation sites excluding steroid dienone is 5. The molecule has 1 aliphatic heterocycles. The standard InChI is InChI=1S/C19H18O5/c1-21-15-8-14(9-16(10-15)22-2)19(20)18-12-23-11-17(24-18)13-6-4-3-5-7-13/h3-4,6,8-12H,5,7H2,1-2H3. The topological polar surface area (TPSA) is 54.0 Å². The zero-order chi connectivity index (χ0) is 16.9. The fourth-order valence-corrected chi connectivity index (χ4v) is 2.45. The SMILES string of the molecule is COc1cc(OC)cc(C(=O)C2=COC=C(C3=CC=CCC3)O2)c1. The summed E-state index contributed by atoms with van der Waals surface area (Å²) in [7, 11) is 3.07. The maximum Gasteiger partial charge on any atom is 0.231 e. The highest BCUT2D eigenvalue weighted by molar-refractivity contribution is 6.07. The van der Waals surface area contributed by atoms with E-state index < -0.39 is 0 Å². The monoisotopic (exact) mass is 326 g/mol.